The molecule has 0 spiro atoms. The minimum absolute atomic E-state index is 0.299. The monoisotopic (exact) mass is 326 g/mol. The van der Waals surface area contributed by atoms with Crippen LogP contribution >= 0.6 is 15.9 Å². The molecule has 0 aliphatic heterocycles. The number of hydrogen-bond acceptors (Lipinski definition) is 2. The lowest BCUT2D eigenvalue weighted by Crippen LogP contribution is -2.11. The molecule has 1 heterocycles. The molecule has 1 N–H and O–H groups in total. The van der Waals surface area contributed by atoms with Gasteiger partial charge in [-0.25, -0.2) is 4.39 Å². The Balaban J connectivity index is 2.18. The third-order valence-electron chi connectivity index (χ3n) is 2.95. The molecule has 0 amide bonds. The molecule has 0 aliphatic carbocycles. The molecule has 0 saturated heterocycles. The summed E-state index contributed by atoms with van der Waals surface area (Å²) in [6.45, 7) is 2.82. The fourth-order valence-corrected chi connectivity index (χ4v) is 2.45. The van der Waals surface area contributed by atoms with E-state index >= 15 is 0 Å². The van der Waals surface area contributed by atoms with Gasteiger partial charge in [-0.3, -0.25) is 4.68 Å². The first-order valence-corrected chi connectivity index (χ1v) is 7.04. The van der Waals surface area contributed by atoms with Crippen LogP contribution in [0, 0.1) is 5.82 Å². The van der Waals surface area contributed by atoms with E-state index in [9.17, 15) is 9.50 Å². The van der Waals surface area contributed by atoms with Crippen LogP contribution in [-0.2, 0) is 13.0 Å². The molecule has 3 nitrogen and oxygen atoms in total. The summed E-state index contributed by atoms with van der Waals surface area (Å²) < 4.78 is 15.8. The maximum absolute atomic E-state index is 13.2. The summed E-state index contributed by atoms with van der Waals surface area (Å²) in [7, 11) is 0. The summed E-state index contributed by atoms with van der Waals surface area (Å²) in [5.41, 5.74) is 1.51. The molecule has 102 valence electrons. The number of aliphatic hydroxyl groups is 1. The van der Waals surface area contributed by atoms with Gasteiger partial charge in [0.15, 0.2) is 0 Å². The van der Waals surface area contributed by atoms with Crippen LogP contribution in [0.25, 0.3) is 0 Å². The van der Waals surface area contributed by atoms with Gasteiger partial charge in [-0.2, -0.15) is 5.10 Å². The van der Waals surface area contributed by atoms with Crippen molar-refractivity contribution in [2.75, 3.05) is 0 Å². The minimum atomic E-state index is -0.688. The Kier molecular flexibility index (Phi) is 4.71. The summed E-state index contributed by atoms with van der Waals surface area (Å²) in [5, 5.41) is 14.5. The third-order valence-corrected chi connectivity index (χ3v) is 3.72. The van der Waals surface area contributed by atoms with Gasteiger partial charge in [-0.05, 0) is 36.2 Å². The molecule has 1 unspecified atom stereocenters. The zero-order valence-corrected chi connectivity index (χ0v) is 12.3. The van der Waals surface area contributed by atoms with Crippen LogP contribution in [0.4, 0.5) is 4.39 Å². The van der Waals surface area contributed by atoms with E-state index in [0.717, 1.165) is 28.7 Å². The molecule has 0 bridgehead atoms. The SMILES string of the molecule is CCCn1nccc1C(O)Cc1cc(F)ccc1Br. The summed E-state index contributed by atoms with van der Waals surface area (Å²) in [5.74, 6) is -0.299. The number of aliphatic hydroxyl groups excluding tert-OH is 1. The second-order valence-electron chi connectivity index (χ2n) is 4.43. The first-order valence-electron chi connectivity index (χ1n) is 6.25. The van der Waals surface area contributed by atoms with E-state index in [2.05, 4.69) is 28.0 Å². The lowest BCUT2D eigenvalue weighted by Gasteiger charge is -2.14. The fraction of sp³-hybridized carbons (Fsp3) is 0.357. The molecule has 0 saturated carbocycles. The van der Waals surface area contributed by atoms with Crippen LogP contribution in [0.3, 0.4) is 0 Å². The Morgan fingerprint density at radius 2 is 2.21 bits per heavy atom. The van der Waals surface area contributed by atoms with Gasteiger partial charge >= 0.3 is 0 Å². The van der Waals surface area contributed by atoms with E-state index in [1.54, 1.807) is 23.0 Å². The highest BCUT2D eigenvalue weighted by atomic mass is 79.9. The van der Waals surface area contributed by atoms with Gasteiger partial charge in [0, 0.05) is 23.6 Å². The van der Waals surface area contributed by atoms with Gasteiger partial charge in [0.05, 0.1) is 11.8 Å². The molecule has 1 atom stereocenters. The quantitative estimate of drug-likeness (QED) is 0.913. The molecule has 1 aromatic heterocycles. The summed E-state index contributed by atoms with van der Waals surface area (Å²) >= 11 is 3.37. The van der Waals surface area contributed by atoms with Crippen LogP contribution in [0.1, 0.15) is 30.7 Å². The van der Waals surface area contributed by atoms with Crippen molar-refractivity contribution in [2.45, 2.75) is 32.4 Å². The summed E-state index contributed by atoms with van der Waals surface area (Å²) in [4.78, 5) is 0. The molecule has 2 aromatic rings. The Labute approximate surface area is 120 Å². The van der Waals surface area contributed by atoms with Gasteiger partial charge in [-0.1, -0.05) is 22.9 Å². The highest BCUT2D eigenvalue weighted by Gasteiger charge is 2.15. The zero-order chi connectivity index (χ0) is 13.8. The molecule has 0 radical (unpaired) electrons. The summed E-state index contributed by atoms with van der Waals surface area (Å²) in [6, 6.07) is 6.28. The van der Waals surface area contributed by atoms with Crippen molar-refractivity contribution in [3.05, 3.63) is 52.0 Å². The second-order valence-corrected chi connectivity index (χ2v) is 5.29. The van der Waals surface area contributed by atoms with Gasteiger partial charge in [-0.15, -0.1) is 0 Å². The van der Waals surface area contributed by atoms with Crippen molar-refractivity contribution >= 4 is 15.9 Å². The van der Waals surface area contributed by atoms with Crippen LogP contribution in [0.5, 0.6) is 0 Å². The normalized spacial score (nSPS) is 12.6. The highest BCUT2D eigenvalue weighted by molar-refractivity contribution is 9.10. The van der Waals surface area contributed by atoms with Gasteiger partial charge in [0.25, 0.3) is 0 Å². The number of benzene rings is 1. The maximum atomic E-state index is 13.2. The Morgan fingerprint density at radius 3 is 2.95 bits per heavy atom. The topological polar surface area (TPSA) is 38.0 Å². The van der Waals surface area contributed by atoms with Crippen molar-refractivity contribution in [1.29, 1.82) is 0 Å². The van der Waals surface area contributed by atoms with E-state index in [1.165, 1.54) is 12.1 Å². The smallest absolute Gasteiger partial charge is 0.123 e. The second kappa shape index (κ2) is 6.30. The number of nitrogens with zero attached hydrogens (tertiary/aromatic N) is 2. The van der Waals surface area contributed by atoms with Crippen molar-refractivity contribution in [3.8, 4) is 0 Å². The van der Waals surface area contributed by atoms with Crippen LogP contribution in [0.15, 0.2) is 34.9 Å². The highest BCUT2D eigenvalue weighted by Crippen LogP contribution is 2.24. The number of aryl methyl sites for hydroxylation is 1. The van der Waals surface area contributed by atoms with Gasteiger partial charge in [0.1, 0.15) is 5.82 Å². The average Bonchev–Trinajstić information content (AvgIpc) is 2.82. The van der Waals surface area contributed by atoms with Crippen LogP contribution in [0.2, 0.25) is 0 Å². The van der Waals surface area contributed by atoms with Crippen LogP contribution in [-0.4, -0.2) is 14.9 Å². The third kappa shape index (κ3) is 3.42. The molecule has 1 aromatic carbocycles. The van der Waals surface area contributed by atoms with E-state index in [0.29, 0.717) is 6.42 Å². The molecular formula is C14H16BrFN2O. The van der Waals surface area contributed by atoms with Gasteiger partial charge in [0.2, 0.25) is 0 Å². The van der Waals surface area contributed by atoms with Crippen molar-refractivity contribution in [1.82, 2.24) is 9.78 Å². The molecular weight excluding hydrogens is 311 g/mol. The average molecular weight is 327 g/mol. The number of hydrogen-bond donors (Lipinski definition) is 1. The van der Waals surface area contributed by atoms with Crippen LogP contribution < -0.4 is 0 Å². The van der Waals surface area contributed by atoms with Crippen molar-refractivity contribution < 1.29 is 9.50 Å². The van der Waals surface area contributed by atoms with E-state index in [4.69, 9.17) is 0 Å². The predicted octanol–water partition coefficient (Wildman–Crippen LogP) is 3.47. The lowest BCUT2D eigenvalue weighted by molar-refractivity contribution is 0.166. The lowest BCUT2D eigenvalue weighted by atomic mass is 10.1. The number of rotatable bonds is 5. The maximum Gasteiger partial charge on any atom is 0.123 e. The van der Waals surface area contributed by atoms with Crippen molar-refractivity contribution in [2.24, 2.45) is 0 Å². The largest absolute Gasteiger partial charge is 0.386 e. The van der Waals surface area contributed by atoms with E-state index in [1.807, 2.05) is 0 Å². The predicted molar refractivity (Wildman–Crippen MR) is 75.3 cm³/mol. The standard InChI is InChI=1S/C14H16BrFN2O/c1-2-7-18-13(5-6-17-18)14(19)9-10-8-11(16)3-4-12(10)15/h3-6,8,14,19H,2,7,9H2,1H3. The summed E-state index contributed by atoms with van der Waals surface area (Å²) in [6.07, 6.45) is 2.29. The molecule has 5 heteroatoms. The van der Waals surface area contributed by atoms with E-state index in [-0.39, 0.29) is 5.82 Å². The first kappa shape index (κ1) is 14.2. The van der Waals surface area contributed by atoms with Gasteiger partial charge < -0.3 is 5.11 Å². The fourth-order valence-electron chi connectivity index (χ4n) is 2.04. The number of halogens is 2. The Hall–Kier alpha value is -1.20. The Bertz CT molecular complexity index is 556. The van der Waals surface area contributed by atoms with E-state index < -0.39 is 6.10 Å². The minimum Gasteiger partial charge on any atom is -0.386 e. The first-order chi connectivity index (χ1) is 9.11. The molecule has 0 fully saturated rings. The molecule has 19 heavy (non-hydrogen) atoms. The molecule has 0 aliphatic rings. The Morgan fingerprint density at radius 1 is 1.42 bits per heavy atom. The zero-order valence-electron chi connectivity index (χ0n) is 10.7. The number of aromatic nitrogens is 2. The molecule has 2 rings (SSSR count). The van der Waals surface area contributed by atoms with Crippen molar-refractivity contribution in [3.63, 3.8) is 0 Å².